The van der Waals surface area contributed by atoms with Gasteiger partial charge in [-0.3, -0.25) is 4.90 Å². The minimum absolute atomic E-state index is 0.730. The number of rotatable bonds is 1. The molecule has 52 valence electrons. The molecular weight excluding hydrogens is 110 g/mol. The normalized spacial score (nSPS) is 20.2. The molecule has 0 unspecified atom stereocenters. The summed E-state index contributed by atoms with van der Waals surface area (Å²) in [5.41, 5.74) is 1.59. The molecule has 0 aliphatic carbocycles. The predicted molar refractivity (Wildman–Crippen MR) is 40.5 cm³/mol. The van der Waals surface area contributed by atoms with Crippen molar-refractivity contribution >= 4 is 0 Å². The number of likely N-dealkylation sites (tertiary alicyclic amines) is 1. The molecule has 1 aliphatic heterocycles. The van der Waals surface area contributed by atoms with Crippen molar-refractivity contribution in [3.63, 3.8) is 0 Å². The molecule has 0 aromatic carbocycles. The highest BCUT2D eigenvalue weighted by molar-refractivity contribution is 5.14. The summed E-state index contributed by atoms with van der Waals surface area (Å²) in [4.78, 5) is 2.45. The molecule has 1 fully saturated rings. The Morgan fingerprint density at radius 3 is 2.33 bits per heavy atom. The molecule has 0 aromatic heterocycles. The van der Waals surface area contributed by atoms with E-state index >= 15 is 0 Å². The van der Waals surface area contributed by atoms with Gasteiger partial charge in [0.2, 0.25) is 0 Å². The van der Waals surface area contributed by atoms with Gasteiger partial charge >= 0.3 is 0 Å². The Hall–Kier alpha value is -0.300. The summed E-state index contributed by atoms with van der Waals surface area (Å²) in [6.07, 6.45) is 2.22. The maximum atomic E-state index is 2.45. The van der Waals surface area contributed by atoms with E-state index in [1.807, 2.05) is 0 Å². The summed E-state index contributed by atoms with van der Waals surface area (Å²) < 4.78 is 0. The smallest absolute Gasteiger partial charge is 0.0211 e. The van der Waals surface area contributed by atoms with Crippen molar-refractivity contribution in [1.82, 2.24) is 4.90 Å². The Labute approximate surface area is 57.4 Å². The molecule has 0 aromatic rings. The van der Waals surface area contributed by atoms with E-state index in [4.69, 9.17) is 0 Å². The molecule has 0 saturated carbocycles. The topological polar surface area (TPSA) is 3.24 Å². The van der Waals surface area contributed by atoms with Crippen LogP contribution in [-0.4, -0.2) is 24.0 Å². The predicted octanol–water partition coefficient (Wildman–Crippen LogP) is 1.66. The maximum absolute atomic E-state index is 2.45. The molecule has 1 nitrogen and oxygen atoms in total. The number of hydrogen-bond acceptors (Lipinski definition) is 1. The Morgan fingerprint density at radius 1 is 1.44 bits per heavy atom. The molecular formula is C8H15N. The highest BCUT2D eigenvalue weighted by Crippen LogP contribution is 2.16. The fraction of sp³-hybridized carbons (Fsp3) is 0.750. The SMILES string of the molecule is CC=C1CN(C(C)C)C1. The number of allylic oxidation sites excluding steroid dienone is 1. The van der Waals surface area contributed by atoms with Crippen LogP contribution >= 0.6 is 0 Å². The van der Waals surface area contributed by atoms with Crippen molar-refractivity contribution in [3.05, 3.63) is 11.6 Å². The molecule has 0 spiro atoms. The average molecular weight is 125 g/mol. The second-order valence-electron chi connectivity index (χ2n) is 2.95. The molecule has 0 N–H and O–H groups in total. The Bertz CT molecular complexity index is 117. The van der Waals surface area contributed by atoms with E-state index in [9.17, 15) is 0 Å². The van der Waals surface area contributed by atoms with E-state index in [1.165, 1.54) is 13.1 Å². The number of nitrogens with zero attached hydrogens (tertiary/aromatic N) is 1. The van der Waals surface area contributed by atoms with Crippen molar-refractivity contribution in [2.75, 3.05) is 13.1 Å². The standard InChI is InChI=1S/C8H15N/c1-4-8-5-9(6-8)7(2)3/h4,7H,5-6H2,1-3H3. The van der Waals surface area contributed by atoms with Gasteiger partial charge in [0.15, 0.2) is 0 Å². The van der Waals surface area contributed by atoms with E-state index in [1.54, 1.807) is 5.57 Å². The lowest BCUT2D eigenvalue weighted by Gasteiger charge is -2.37. The largest absolute Gasteiger partial charge is 0.293 e. The van der Waals surface area contributed by atoms with Crippen LogP contribution in [0.2, 0.25) is 0 Å². The summed E-state index contributed by atoms with van der Waals surface area (Å²) in [5, 5.41) is 0. The molecule has 1 heterocycles. The van der Waals surface area contributed by atoms with Gasteiger partial charge in [0.05, 0.1) is 0 Å². The first-order chi connectivity index (χ1) is 4.24. The first-order valence-electron chi connectivity index (χ1n) is 3.62. The second-order valence-corrected chi connectivity index (χ2v) is 2.95. The lowest BCUT2D eigenvalue weighted by Crippen LogP contribution is -2.44. The third kappa shape index (κ3) is 1.33. The van der Waals surface area contributed by atoms with E-state index in [2.05, 4.69) is 31.7 Å². The highest BCUT2D eigenvalue weighted by Gasteiger charge is 2.20. The van der Waals surface area contributed by atoms with Gasteiger partial charge in [0.25, 0.3) is 0 Å². The summed E-state index contributed by atoms with van der Waals surface area (Å²) in [5.74, 6) is 0. The van der Waals surface area contributed by atoms with E-state index in [0.717, 1.165) is 6.04 Å². The van der Waals surface area contributed by atoms with Crippen LogP contribution in [-0.2, 0) is 0 Å². The number of hydrogen-bond donors (Lipinski definition) is 0. The zero-order chi connectivity index (χ0) is 6.85. The molecule has 1 aliphatic rings. The van der Waals surface area contributed by atoms with Crippen molar-refractivity contribution in [2.24, 2.45) is 0 Å². The van der Waals surface area contributed by atoms with Crippen LogP contribution in [0.15, 0.2) is 11.6 Å². The minimum Gasteiger partial charge on any atom is -0.293 e. The van der Waals surface area contributed by atoms with Gasteiger partial charge in [-0.25, -0.2) is 0 Å². The molecule has 0 radical (unpaired) electrons. The Balaban J connectivity index is 2.27. The van der Waals surface area contributed by atoms with Crippen molar-refractivity contribution < 1.29 is 0 Å². The monoisotopic (exact) mass is 125 g/mol. The molecule has 0 bridgehead atoms. The Kier molecular flexibility index (Phi) is 1.91. The highest BCUT2D eigenvalue weighted by atomic mass is 15.2. The molecule has 1 heteroatoms. The zero-order valence-corrected chi connectivity index (χ0v) is 6.52. The van der Waals surface area contributed by atoms with Crippen LogP contribution < -0.4 is 0 Å². The molecule has 0 amide bonds. The van der Waals surface area contributed by atoms with Crippen LogP contribution in [0, 0.1) is 0 Å². The zero-order valence-electron chi connectivity index (χ0n) is 6.52. The first kappa shape index (κ1) is 6.81. The lowest BCUT2D eigenvalue weighted by molar-refractivity contribution is 0.198. The quantitative estimate of drug-likeness (QED) is 0.482. The van der Waals surface area contributed by atoms with Gasteiger partial charge in [0.1, 0.15) is 0 Å². The van der Waals surface area contributed by atoms with Crippen LogP contribution in [0.4, 0.5) is 0 Å². The van der Waals surface area contributed by atoms with Gasteiger partial charge in [-0.2, -0.15) is 0 Å². The van der Waals surface area contributed by atoms with Gasteiger partial charge in [-0.05, 0) is 26.3 Å². The van der Waals surface area contributed by atoms with Gasteiger partial charge in [-0.15, -0.1) is 0 Å². The van der Waals surface area contributed by atoms with Crippen LogP contribution in [0.5, 0.6) is 0 Å². The van der Waals surface area contributed by atoms with Crippen LogP contribution in [0.3, 0.4) is 0 Å². The molecule has 1 rings (SSSR count). The summed E-state index contributed by atoms with van der Waals surface area (Å²) in [6.45, 7) is 9.01. The van der Waals surface area contributed by atoms with Gasteiger partial charge < -0.3 is 0 Å². The molecule has 0 atom stereocenters. The van der Waals surface area contributed by atoms with Crippen LogP contribution in [0.25, 0.3) is 0 Å². The van der Waals surface area contributed by atoms with Gasteiger partial charge in [0, 0.05) is 19.1 Å². The first-order valence-corrected chi connectivity index (χ1v) is 3.62. The van der Waals surface area contributed by atoms with E-state index in [0.29, 0.717) is 0 Å². The van der Waals surface area contributed by atoms with Crippen molar-refractivity contribution in [1.29, 1.82) is 0 Å². The third-order valence-corrected chi connectivity index (χ3v) is 1.95. The van der Waals surface area contributed by atoms with Crippen molar-refractivity contribution in [3.8, 4) is 0 Å². The summed E-state index contributed by atoms with van der Waals surface area (Å²) >= 11 is 0. The van der Waals surface area contributed by atoms with E-state index in [-0.39, 0.29) is 0 Å². The fourth-order valence-corrected chi connectivity index (χ4v) is 1.02. The minimum atomic E-state index is 0.730. The Morgan fingerprint density at radius 2 is 2.00 bits per heavy atom. The molecule has 9 heavy (non-hydrogen) atoms. The maximum Gasteiger partial charge on any atom is 0.0211 e. The second kappa shape index (κ2) is 2.53. The van der Waals surface area contributed by atoms with Crippen molar-refractivity contribution in [2.45, 2.75) is 26.8 Å². The summed E-state index contributed by atoms with van der Waals surface area (Å²) in [6, 6.07) is 0.730. The van der Waals surface area contributed by atoms with Gasteiger partial charge in [-0.1, -0.05) is 6.08 Å². The van der Waals surface area contributed by atoms with Crippen LogP contribution in [0.1, 0.15) is 20.8 Å². The lowest BCUT2D eigenvalue weighted by atomic mass is 10.1. The summed E-state index contributed by atoms with van der Waals surface area (Å²) in [7, 11) is 0. The average Bonchev–Trinajstić information content (AvgIpc) is 1.61. The third-order valence-electron chi connectivity index (χ3n) is 1.95. The fourth-order valence-electron chi connectivity index (χ4n) is 1.02. The van der Waals surface area contributed by atoms with E-state index < -0.39 is 0 Å². The molecule has 1 saturated heterocycles.